The standard InChI is InChI=1S/C18H23NO3/c1-3-5-11-19(12-6-4-2)17(20)15-13-14-9-7-8-10-16(14)22-18(15)21/h7-10,13H,3-6,11-12H2,1-2H3. The number of carbonyl (C=O) groups is 1. The zero-order valence-electron chi connectivity index (χ0n) is 13.3. The number of amides is 1. The predicted octanol–water partition coefficient (Wildman–Crippen LogP) is 3.84. The highest BCUT2D eigenvalue weighted by Crippen LogP contribution is 2.14. The summed E-state index contributed by atoms with van der Waals surface area (Å²) in [5.41, 5.74) is 0.0883. The smallest absolute Gasteiger partial charge is 0.349 e. The van der Waals surface area contributed by atoms with Crippen LogP contribution in [0.25, 0.3) is 11.0 Å². The van der Waals surface area contributed by atoms with Crippen LogP contribution in [0.1, 0.15) is 49.9 Å². The van der Waals surface area contributed by atoms with Crippen LogP contribution in [0.5, 0.6) is 0 Å². The van der Waals surface area contributed by atoms with Gasteiger partial charge in [0.1, 0.15) is 11.1 Å². The Morgan fingerprint density at radius 3 is 2.36 bits per heavy atom. The van der Waals surface area contributed by atoms with E-state index in [1.807, 2.05) is 18.2 Å². The Bertz CT molecular complexity index is 682. The normalized spacial score (nSPS) is 10.8. The van der Waals surface area contributed by atoms with Crippen LogP contribution in [-0.2, 0) is 0 Å². The first-order valence-corrected chi connectivity index (χ1v) is 7.99. The second kappa shape index (κ2) is 7.78. The molecule has 2 rings (SSSR count). The molecule has 0 bridgehead atoms. The molecule has 1 aromatic carbocycles. The molecule has 0 aliphatic heterocycles. The molecule has 4 heteroatoms. The van der Waals surface area contributed by atoms with Crippen molar-refractivity contribution in [2.75, 3.05) is 13.1 Å². The van der Waals surface area contributed by atoms with Gasteiger partial charge in [0.15, 0.2) is 0 Å². The average molecular weight is 301 g/mol. The van der Waals surface area contributed by atoms with E-state index in [1.54, 1.807) is 17.0 Å². The van der Waals surface area contributed by atoms with Crippen molar-refractivity contribution in [3.63, 3.8) is 0 Å². The number of nitrogens with zero attached hydrogens (tertiary/aromatic N) is 1. The highest BCUT2D eigenvalue weighted by Gasteiger charge is 2.19. The van der Waals surface area contributed by atoms with Crippen LogP contribution in [-0.4, -0.2) is 23.9 Å². The zero-order chi connectivity index (χ0) is 15.9. The molecule has 0 saturated carbocycles. The van der Waals surface area contributed by atoms with Gasteiger partial charge in [0, 0.05) is 18.5 Å². The lowest BCUT2D eigenvalue weighted by molar-refractivity contribution is 0.0747. The Balaban J connectivity index is 2.32. The fourth-order valence-corrected chi connectivity index (χ4v) is 2.39. The Morgan fingerprint density at radius 1 is 1.09 bits per heavy atom. The zero-order valence-corrected chi connectivity index (χ0v) is 13.3. The van der Waals surface area contributed by atoms with Crippen molar-refractivity contribution in [1.82, 2.24) is 4.90 Å². The summed E-state index contributed by atoms with van der Waals surface area (Å²) < 4.78 is 5.27. The van der Waals surface area contributed by atoms with Gasteiger partial charge < -0.3 is 9.32 Å². The van der Waals surface area contributed by atoms with Crippen LogP contribution in [0.3, 0.4) is 0 Å². The molecule has 0 atom stereocenters. The van der Waals surface area contributed by atoms with Crippen LogP contribution in [0.15, 0.2) is 39.5 Å². The van der Waals surface area contributed by atoms with E-state index in [0.717, 1.165) is 31.1 Å². The van der Waals surface area contributed by atoms with Gasteiger partial charge in [-0.2, -0.15) is 0 Å². The van der Waals surface area contributed by atoms with Crippen molar-refractivity contribution in [2.24, 2.45) is 0 Å². The van der Waals surface area contributed by atoms with E-state index in [-0.39, 0.29) is 11.5 Å². The van der Waals surface area contributed by atoms with Gasteiger partial charge in [0.2, 0.25) is 0 Å². The maximum atomic E-state index is 12.7. The van der Waals surface area contributed by atoms with Crippen LogP contribution in [0, 0.1) is 0 Å². The third-order valence-electron chi connectivity index (χ3n) is 3.72. The number of rotatable bonds is 7. The van der Waals surface area contributed by atoms with E-state index in [9.17, 15) is 9.59 Å². The molecule has 4 nitrogen and oxygen atoms in total. The molecule has 22 heavy (non-hydrogen) atoms. The lowest BCUT2D eigenvalue weighted by atomic mass is 10.1. The first kappa shape index (κ1) is 16.3. The van der Waals surface area contributed by atoms with E-state index < -0.39 is 5.63 Å². The van der Waals surface area contributed by atoms with Crippen molar-refractivity contribution >= 4 is 16.9 Å². The fraction of sp³-hybridized carbons (Fsp3) is 0.444. The summed E-state index contributed by atoms with van der Waals surface area (Å²) in [5.74, 6) is -0.221. The van der Waals surface area contributed by atoms with E-state index in [4.69, 9.17) is 4.42 Å². The third-order valence-corrected chi connectivity index (χ3v) is 3.72. The number of hydrogen-bond acceptors (Lipinski definition) is 3. The minimum Gasteiger partial charge on any atom is -0.422 e. The molecule has 0 unspecified atom stereocenters. The van der Waals surface area contributed by atoms with Crippen molar-refractivity contribution in [1.29, 1.82) is 0 Å². The first-order chi connectivity index (χ1) is 10.7. The SMILES string of the molecule is CCCCN(CCCC)C(=O)c1cc2ccccc2oc1=O. The van der Waals surface area contributed by atoms with Crippen molar-refractivity contribution in [3.8, 4) is 0 Å². The second-order valence-electron chi connectivity index (χ2n) is 5.48. The van der Waals surface area contributed by atoms with Gasteiger partial charge in [-0.15, -0.1) is 0 Å². The van der Waals surface area contributed by atoms with Crippen molar-refractivity contribution < 1.29 is 9.21 Å². The Hall–Kier alpha value is -2.10. The molecule has 0 saturated heterocycles. The van der Waals surface area contributed by atoms with Crippen LogP contribution < -0.4 is 5.63 Å². The van der Waals surface area contributed by atoms with E-state index in [0.29, 0.717) is 18.7 Å². The van der Waals surface area contributed by atoms with Gasteiger partial charge in [-0.05, 0) is 25.0 Å². The Labute approximate surface area is 130 Å². The molecule has 2 aromatic rings. The molecule has 0 fully saturated rings. The molecule has 1 aromatic heterocycles. The van der Waals surface area contributed by atoms with Gasteiger partial charge in [-0.1, -0.05) is 44.9 Å². The summed E-state index contributed by atoms with van der Waals surface area (Å²) >= 11 is 0. The highest BCUT2D eigenvalue weighted by atomic mass is 16.4. The van der Waals surface area contributed by atoms with E-state index >= 15 is 0 Å². The van der Waals surface area contributed by atoms with Gasteiger partial charge in [-0.3, -0.25) is 4.79 Å². The highest BCUT2D eigenvalue weighted by molar-refractivity contribution is 5.96. The second-order valence-corrected chi connectivity index (χ2v) is 5.48. The topological polar surface area (TPSA) is 50.5 Å². The number of benzene rings is 1. The Morgan fingerprint density at radius 2 is 1.73 bits per heavy atom. The minimum atomic E-state index is -0.554. The summed E-state index contributed by atoms with van der Waals surface area (Å²) in [6, 6.07) is 8.90. The lowest BCUT2D eigenvalue weighted by Crippen LogP contribution is -2.35. The maximum Gasteiger partial charge on any atom is 0.349 e. The predicted molar refractivity (Wildman–Crippen MR) is 88.2 cm³/mol. The summed E-state index contributed by atoms with van der Waals surface area (Å²) in [4.78, 5) is 26.6. The molecule has 0 aliphatic rings. The summed E-state index contributed by atoms with van der Waals surface area (Å²) in [6.07, 6.45) is 3.91. The van der Waals surface area contributed by atoms with Gasteiger partial charge in [0.05, 0.1) is 0 Å². The van der Waals surface area contributed by atoms with Gasteiger partial charge >= 0.3 is 5.63 Å². The summed E-state index contributed by atoms with van der Waals surface area (Å²) in [5, 5.41) is 0.774. The minimum absolute atomic E-state index is 0.130. The fourth-order valence-electron chi connectivity index (χ4n) is 2.39. The van der Waals surface area contributed by atoms with Gasteiger partial charge in [0.25, 0.3) is 5.91 Å². The quantitative estimate of drug-likeness (QED) is 0.730. The van der Waals surface area contributed by atoms with E-state index in [1.165, 1.54) is 0 Å². The van der Waals surface area contributed by atoms with Crippen LogP contribution in [0.2, 0.25) is 0 Å². The molecular formula is C18H23NO3. The first-order valence-electron chi connectivity index (χ1n) is 7.99. The lowest BCUT2D eigenvalue weighted by Gasteiger charge is -2.22. The monoisotopic (exact) mass is 301 g/mol. The molecule has 0 aliphatic carbocycles. The number of unbranched alkanes of at least 4 members (excludes halogenated alkanes) is 2. The third kappa shape index (κ3) is 3.75. The molecule has 1 heterocycles. The largest absolute Gasteiger partial charge is 0.422 e. The number of fused-ring (bicyclic) bond motifs is 1. The number of hydrogen-bond donors (Lipinski definition) is 0. The molecule has 0 spiro atoms. The average Bonchev–Trinajstić information content (AvgIpc) is 2.54. The molecule has 118 valence electrons. The molecular weight excluding hydrogens is 278 g/mol. The van der Waals surface area contributed by atoms with E-state index in [2.05, 4.69) is 13.8 Å². The summed E-state index contributed by atoms with van der Waals surface area (Å²) in [6.45, 7) is 5.54. The molecule has 1 amide bonds. The maximum absolute atomic E-state index is 12.7. The number of para-hydroxylation sites is 1. The Kier molecular flexibility index (Phi) is 5.75. The van der Waals surface area contributed by atoms with Crippen molar-refractivity contribution in [2.45, 2.75) is 39.5 Å². The summed E-state index contributed by atoms with van der Waals surface area (Å²) in [7, 11) is 0. The van der Waals surface area contributed by atoms with Crippen molar-refractivity contribution in [3.05, 3.63) is 46.3 Å². The van der Waals surface area contributed by atoms with Crippen LogP contribution >= 0.6 is 0 Å². The molecule has 0 N–H and O–H groups in total. The van der Waals surface area contributed by atoms with Gasteiger partial charge in [-0.25, -0.2) is 4.79 Å². The van der Waals surface area contributed by atoms with Crippen LogP contribution in [0.4, 0.5) is 0 Å². The molecule has 0 radical (unpaired) electrons. The number of carbonyl (C=O) groups excluding carboxylic acids is 1.